The Morgan fingerprint density at radius 3 is 2.56 bits per heavy atom. The van der Waals surface area contributed by atoms with E-state index in [9.17, 15) is 0 Å². The third-order valence-corrected chi connectivity index (χ3v) is 3.21. The van der Waals surface area contributed by atoms with Crippen molar-refractivity contribution in [2.75, 3.05) is 54.8 Å². The van der Waals surface area contributed by atoms with Gasteiger partial charge in [0.25, 0.3) is 0 Å². The molecule has 1 aromatic rings. The van der Waals surface area contributed by atoms with E-state index in [1.54, 1.807) is 0 Å². The minimum absolute atomic E-state index is 0.542. The zero-order valence-corrected chi connectivity index (χ0v) is 11.2. The van der Waals surface area contributed by atoms with Crippen LogP contribution in [0.15, 0.2) is 6.07 Å². The molecule has 0 atom stereocenters. The van der Waals surface area contributed by atoms with Crippen molar-refractivity contribution in [1.29, 1.82) is 0 Å². The first-order chi connectivity index (χ1) is 8.74. The monoisotopic (exact) mass is 250 g/mol. The van der Waals surface area contributed by atoms with Gasteiger partial charge in [-0.05, 0) is 13.8 Å². The molecule has 0 unspecified atom stereocenters. The highest BCUT2D eigenvalue weighted by Crippen LogP contribution is 2.18. The summed E-state index contributed by atoms with van der Waals surface area (Å²) in [5.74, 6) is 2.21. The lowest BCUT2D eigenvalue weighted by atomic mass is 10.4. The van der Waals surface area contributed by atoms with E-state index in [1.165, 1.54) is 0 Å². The number of hydrogen-bond acceptors (Lipinski definition) is 6. The predicted molar refractivity (Wildman–Crippen MR) is 75.1 cm³/mol. The molecule has 1 aliphatic rings. The second kappa shape index (κ2) is 5.86. The molecule has 0 bridgehead atoms. The lowest BCUT2D eigenvalue weighted by molar-refractivity contribution is 0.580. The first-order valence-electron chi connectivity index (χ1n) is 6.59. The van der Waals surface area contributed by atoms with Gasteiger partial charge in [-0.2, -0.15) is 9.97 Å². The van der Waals surface area contributed by atoms with Crippen molar-refractivity contribution in [3.63, 3.8) is 0 Å². The number of nitrogens with one attached hydrogen (secondary N) is 1. The Kier molecular flexibility index (Phi) is 4.19. The second-order valence-corrected chi connectivity index (χ2v) is 4.36. The van der Waals surface area contributed by atoms with E-state index in [1.807, 2.05) is 6.07 Å². The smallest absolute Gasteiger partial charge is 0.229 e. The van der Waals surface area contributed by atoms with Gasteiger partial charge in [-0.1, -0.05) is 0 Å². The van der Waals surface area contributed by atoms with E-state index in [0.717, 1.165) is 51.0 Å². The number of hydrogen-bond donors (Lipinski definition) is 2. The predicted octanol–water partition coefficient (Wildman–Crippen LogP) is 0.315. The SMILES string of the molecule is CCN(CC)c1cc(N)nc(N2CCNCC2)n1. The van der Waals surface area contributed by atoms with Gasteiger partial charge < -0.3 is 20.9 Å². The molecule has 0 saturated carbocycles. The third-order valence-electron chi connectivity index (χ3n) is 3.21. The van der Waals surface area contributed by atoms with Crippen molar-refractivity contribution in [3.8, 4) is 0 Å². The molecule has 0 aliphatic carbocycles. The second-order valence-electron chi connectivity index (χ2n) is 4.36. The van der Waals surface area contributed by atoms with Crippen LogP contribution >= 0.6 is 0 Å². The number of nitrogens with two attached hydrogens (primary N) is 1. The van der Waals surface area contributed by atoms with Gasteiger partial charge in [0.15, 0.2) is 0 Å². The standard InChI is InChI=1S/C12H22N6/c1-3-17(4-2)11-9-10(13)15-12(16-11)18-7-5-14-6-8-18/h9,14H,3-8H2,1-2H3,(H2,13,15,16). The summed E-state index contributed by atoms with van der Waals surface area (Å²) >= 11 is 0. The Labute approximate surface area is 108 Å². The van der Waals surface area contributed by atoms with E-state index in [2.05, 4.69) is 38.9 Å². The van der Waals surface area contributed by atoms with E-state index in [-0.39, 0.29) is 0 Å². The first kappa shape index (κ1) is 12.9. The molecule has 0 amide bonds. The normalized spacial score (nSPS) is 15.8. The summed E-state index contributed by atoms with van der Waals surface area (Å²) in [5.41, 5.74) is 5.89. The summed E-state index contributed by atoms with van der Waals surface area (Å²) in [6.45, 7) is 9.89. The number of nitrogen functional groups attached to an aromatic ring is 1. The molecule has 2 rings (SSSR count). The Balaban J connectivity index is 2.24. The molecule has 0 radical (unpaired) electrons. The van der Waals surface area contributed by atoms with Crippen LogP contribution in [0.25, 0.3) is 0 Å². The highest BCUT2D eigenvalue weighted by molar-refractivity contribution is 5.52. The van der Waals surface area contributed by atoms with Crippen molar-refractivity contribution in [3.05, 3.63) is 6.07 Å². The zero-order chi connectivity index (χ0) is 13.0. The largest absolute Gasteiger partial charge is 0.383 e. The summed E-state index contributed by atoms with van der Waals surface area (Å²) in [5, 5.41) is 3.32. The van der Waals surface area contributed by atoms with Gasteiger partial charge >= 0.3 is 0 Å². The molecule has 18 heavy (non-hydrogen) atoms. The van der Waals surface area contributed by atoms with Crippen LogP contribution in [0.3, 0.4) is 0 Å². The fourth-order valence-electron chi connectivity index (χ4n) is 2.16. The van der Waals surface area contributed by atoms with Crippen LogP contribution in [0.5, 0.6) is 0 Å². The number of piperazine rings is 1. The molecule has 0 aromatic carbocycles. The zero-order valence-electron chi connectivity index (χ0n) is 11.2. The van der Waals surface area contributed by atoms with Crippen LogP contribution in [0.4, 0.5) is 17.6 Å². The lowest BCUT2D eigenvalue weighted by Crippen LogP contribution is -2.44. The van der Waals surface area contributed by atoms with E-state index in [4.69, 9.17) is 5.73 Å². The van der Waals surface area contributed by atoms with Crippen molar-refractivity contribution < 1.29 is 0 Å². The fourth-order valence-corrected chi connectivity index (χ4v) is 2.16. The van der Waals surface area contributed by atoms with Crippen LogP contribution in [-0.4, -0.2) is 49.2 Å². The third kappa shape index (κ3) is 2.81. The average Bonchev–Trinajstić information content (AvgIpc) is 2.40. The molecule has 1 aliphatic heterocycles. The quantitative estimate of drug-likeness (QED) is 0.802. The summed E-state index contributed by atoms with van der Waals surface area (Å²) < 4.78 is 0. The van der Waals surface area contributed by atoms with Crippen molar-refractivity contribution in [1.82, 2.24) is 15.3 Å². The molecule has 1 aromatic heterocycles. The molecule has 1 fully saturated rings. The van der Waals surface area contributed by atoms with E-state index >= 15 is 0 Å². The van der Waals surface area contributed by atoms with Crippen molar-refractivity contribution in [2.24, 2.45) is 0 Å². The molecule has 0 spiro atoms. The van der Waals surface area contributed by atoms with Gasteiger partial charge in [-0.25, -0.2) is 0 Å². The maximum atomic E-state index is 5.89. The maximum Gasteiger partial charge on any atom is 0.229 e. The maximum absolute atomic E-state index is 5.89. The van der Waals surface area contributed by atoms with Crippen LogP contribution in [0.2, 0.25) is 0 Å². The average molecular weight is 250 g/mol. The Morgan fingerprint density at radius 1 is 1.28 bits per heavy atom. The van der Waals surface area contributed by atoms with Crippen LogP contribution in [-0.2, 0) is 0 Å². The topological polar surface area (TPSA) is 70.3 Å². The molecule has 100 valence electrons. The fraction of sp³-hybridized carbons (Fsp3) is 0.667. The van der Waals surface area contributed by atoms with Gasteiger partial charge in [-0.3, -0.25) is 0 Å². The lowest BCUT2D eigenvalue weighted by Gasteiger charge is -2.29. The molecule has 6 nitrogen and oxygen atoms in total. The van der Waals surface area contributed by atoms with Crippen LogP contribution in [0.1, 0.15) is 13.8 Å². The first-order valence-corrected chi connectivity index (χ1v) is 6.59. The highest BCUT2D eigenvalue weighted by atomic mass is 15.3. The van der Waals surface area contributed by atoms with E-state index < -0.39 is 0 Å². The van der Waals surface area contributed by atoms with Gasteiger partial charge in [-0.15, -0.1) is 0 Å². The summed E-state index contributed by atoms with van der Waals surface area (Å²) in [6, 6.07) is 1.85. The molecular formula is C12H22N6. The van der Waals surface area contributed by atoms with E-state index in [0.29, 0.717) is 5.82 Å². The number of anilines is 3. The number of aromatic nitrogens is 2. The highest BCUT2D eigenvalue weighted by Gasteiger charge is 2.15. The number of nitrogens with zero attached hydrogens (tertiary/aromatic N) is 4. The van der Waals surface area contributed by atoms with Crippen LogP contribution in [0, 0.1) is 0 Å². The van der Waals surface area contributed by atoms with Gasteiger partial charge in [0, 0.05) is 45.3 Å². The molecule has 1 saturated heterocycles. The van der Waals surface area contributed by atoms with Gasteiger partial charge in [0.05, 0.1) is 0 Å². The Morgan fingerprint density at radius 2 is 1.94 bits per heavy atom. The van der Waals surface area contributed by atoms with Crippen molar-refractivity contribution in [2.45, 2.75) is 13.8 Å². The minimum atomic E-state index is 0.542. The summed E-state index contributed by atoms with van der Waals surface area (Å²) in [4.78, 5) is 13.3. The molecular weight excluding hydrogens is 228 g/mol. The Bertz CT molecular complexity index is 384. The molecule has 2 heterocycles. The summed E-state index contributed by atoms with van der Waals surface area (Å²) in [6.07, 6.45) is 0. The van der Waals surface area contributed by atoms with Crippen LogP contribution < -0.4 is 20.9 Å². The molecule has 3 N–H and O–H groups in total. The van der Waals surface area contributed by atoms with Crippen molar-refractivity contribution >= 4 is 17.6 Å². The number of rotatable bonds is 4. The van der Waals surface area contributed by atoms with Gasteiger partial charge in [0.2, 0.25) is 5.95 Å². The van der Waals surface area contributed by atoms with Gasteiger partial charge in [0.1, 0.15) is 11.6 Å². The summed E-state index contributed by atoms with van der Waals surface area (Å²) in [7, 11) is 0. The minimum Gasteiger partial charge on any atom is -0.383 e. The Hall–Kier alpha value is -1.56. The molecule has 6 heteroatoms.